The molecule has 6 nitrogen and oxygen atoms in total. The first-order valence-corrected chi connectivity index (χ1v) is 7.56. The van der Waals surface area contributed by atoms with Gasteiger partial charge in [0.05, 0.1) is 20.7 Å². The van der Waals surface area contributed by atoms with Gasteiger partial charge in [-0.2, -0.15) is 0 Å². The number of rotatable bonds is 2. The van der Waals surface area contributed by atoms with E-state index in [1.54, 1.807) is 6.07 Å². The van der Waals surface area contributed by atoms with E-state index in [0.29, 0.717) is 21.5 Å². The van der Waals surface area contributed by atoms with E-state index >= 15 is 0 Å². The highest BCUT2D eigenvalue weighted by molar-refractivity contribution is 7.21. The van der Waals surface area contributed by atoms with E-state index in [-0.39, 0.29) is 11.2 Å². The largest absolute Gasteiger partial charge is 0.438 e. The summed E-state index contributed by atoms with van der Waals surface area (Å²) >= 11 is 1.46. The highest BCUT2D eigenvalue weighted by Gasteiger charge is 2.13. The highest BCUT2D eigenvalue weighted by Crippen LogP contribution is 2.30. The van der Waals surface area contributed by atoms with Crippen LogP contribution in [0.3, 0.4) is 0 Å². The van der Waals surface area contributed by atoms with Crippen molar-refractivity contribution in [2.75, 3.05) is 0 Å². The summed E-state index contributed by atoms with van der Waals surface area (Å²) in [5.74, 6) is 0. The summed E-state index contributed by atoms with van der Waals surface area (Å²) in [4.78, 5) is 15.0. The lowest BCUT2D eigenvalue weighted by atomic mass is 10.1. The molecule has 4 aromatic rings. The van der Waals surface area contributed by atoms with Crippen LogP contribution < -0.4 is 5.55 Å². The number of nitro groups is 1. The molecule has 0 unspecified atom stereocenters. The Labute approximate surface area is 133 Å². The third-order valence-corrected chi connectivity index (χ3v) is 4.55. The minimum atomic E-state index is -0.453. The summed E-state index contributed by atoms with van der Waals surface area (Å²) in [7, 11) is 0. The number of nitro benzene ring substituents is 1. The van der Waals surface area contributed by atoms with Gasteiger partial charge in [0, 0.05) is 17.5 Å². The first kappa shape index (κ1) is 13.6. The van der Waals surface area contributed by atoms with Gasteiger partial charge in [0.1, 0.15) is 10.6 Å². The molecule has 0 bridgehead atoms. The summed E-state index contributed by atoms with van der Waals surface area (Å²) < 4.78 is 6.50. The van der Waals surface area contributed by atoms with Gasteiger partial charge in [-0.25, -0.2) is 4.98 Å². The molecule has 23 heavy (non-hydrogen) atoms. The number of hydrogen-bond donors (Lipinski definition) is 1. The van der Waals surface area contributed by atoms with E-state index in [9.17, 15) is 10.1 Å². The molecule has 0 aliphatic rings. The van der Waals surface area contributed by atoms with Crippen molar-refractivity contribution in [3.8, 4) is 10.6 Å². The number of non-ortho nitro benzene ring substituents is 1. The zero-order valence-electron chi connectivity index (χ0n) is 11.6. The van der Waals surface area contributed by atoms with Crippen molar-refractivity contribution >= 4 is 38.2 Å². The molecule has 0 aliphatic heterocycles. The second kappa shape index (κ2) is 4.99. The minimum Gasteiger partial charge on any atom is -0.438 e. The molecule has 2 aromatic heterocycles. The predicted molar refractivity (Wildman–Crippen MR) is 87.3 cm³/mol. The van der Waals surface area contributed by atoms with Gasteiger partial charge >= 0.3 is 0 Å². The number of nitrogens with one attached hydrogen (secondary N) is 1. The maximum absolute atomic E-state index is 10.9. The van der Waals surface area contributed by atoms with Crippen molar-refractivity contribution in [1.29, 1.82) is 5.41 Å². The molecule has 0 saturated heterocycles. The lowest BCUT2D eigenvalue weighted by Crippen LogP contribution is -2.02. The van der Waals surface area contributed by atoms with Crippen LogP contribution in [0.5, 0.6) is 0 Å². The number of thiazole rings is 1. The third kappa shape index (κ3) is 2.27. The molecule has 0 atom stereocenters. The zero-order valence-corrected chi connectivity index (χ0v) is 12.5. The summed E-state index contributed by atoms with van der Waals surface area (Å²) in [5.41, 5.74) is 1.79. The maximum Gasteiger partial charge on any atom is 0.270 e. The van der Waals surface area contributed by atoms with E-state index in [1.165, 1.54) is 29.5 Å². The Bertz CT molecular complexity index is 1100. The standard InChI is InChI=1S/C16H9N3O3S/c17-15-11(16-18-12-3-1-2-4-14(12)23-16)8-9-7-10(19(20)21)5-6-13(9)22-15/h1-8,17H. The van der Waals surface area contributed by atoms with E-state index in [4.69, 9.17) is 9.83 Å². The molecule has 0 saturated carbocycles. The molecular formula is C16H9N3O3S. The Balaban J connectivity index is 1.96. The van der Waals surface area contributed by atoms with Crippen LogP contribution in [-0.2, 0) is 0 Å². The van der Waals surface area contributed by atoms with Crippen LogP contribution in [0.4, 0.5) is 5.69 Å². The Hall–Kier alpha value is -3.06. The third-order valence-electron chi connectivity index (χ3n) is 3.48. The van der Waals surface area contributed by atoms with Crippen LogP contribution in [0.15, 0.2) is 52.9 Å². The molecule has 0 radical (unpaired) electrons. The number of benzene rings is 2. The molecule has 4 rings (SSSR count). The van der Waals surface area contributed by atoms with E-state index < -0.39 is 4.92 Å². The molecule has 2 heterocycles. The number of fused-ring (bicyclic) bond motifs is 2. The molecular weight excluding hydrogens is 314 g/mol. The lowest BCUT2D eigenvalue weighted by molar-refractivity contribution is -0.384. The summed E-state index contributed by atoms with van der Waals surface area (Å²) in [6.45, 7) is 0. The number of aromatic nitrogens is 1. The number of nitrogens with zero attached hydrogens (tertiary/aromatic N) is 2. The van der Waals surface area contributed by atoms with Gasteiger partial charge in [0.2, 0.25) is 5.55 Å². The highest BCUT2D eigenvalue weighted by atomic mass is 32.1. The van der Waals surface area contributed by atoms with Gasteiger partial charge in [-0.05, 0) is 24.3 Å². The first-order chi connectivity index (χ1) is 11.1. The average molecular weight is 323 g/mol. The molecule has 0 spiro atoms. The Morgan fingerprint density at radius 1 is 1.17 bits per heavy atom. The van der Waals surface area contributed by atoms with Gasteiger partial charge in [-0.1, -0.05) is 12.1 Å². The first-order valence-electron chi connectivity index (χ1n) is 6.75. The Morgan fingerprint density at radius 3 is 2.78 bits per heavy atom. The van der Waals surface area contributed by atoms with Crippen LogP contribution in [-0.4, -0.2) is 9.91 Å². The average Bonchev–Trinajstić information content (AvgIpc) is 2.97. The molecule has 0 fully saturated rings. The fraction of sp³-hybridized carbons (Fsp3) is 0. The minimum absolute atomic E-state index is 0.00888. The van der Waals surface area contributed by atoms with Crippen molar-refractivity contribution in [1.82, 2.24) is 4.98 Å². The van der Waals surface area contributed by atoms with Crippen LogP contribution >= 0.6 is 11.3 Å². The van der Waals surface area contributed by atoms with Crippen LogP contribution in [0.2, 0.25) is 0 Å². The van der Waals surface area contributed by atoms with Gasteiger partial charge in [-0.3, -0.25) is 15.5 Å². The Morgan fingerprint density at radius 2 is 2.00 bits per heavy atom. The molecule has 0 amide bonds. The summed E-state index contributed by atoms with van der Waals surface area (Å²) in [6, 6.07) is 13.7. The fourth-order valence-electron chi connectivity index (χ4n) is 2.39. The summed E-state index contributed by atoms with van der Waals surface area (Å²) in [6.07, 6.45) is 0. The van der Waals surface area contributed by atoms with Gasteiger partial charge in [-0.15, -0.1) is 11.3 Å². The topological polar surface area (TPSA) is 93.0 Å². The van der Waals surface area contributed by atoms with E-state index in [1.807, 2.05) is 24.3 Å². The lowest BCUT2D eigenvalue weighted by Gasteiger charge is -2.01. The second-order valence-corrected chi connectivity index (χ2v) is 5.99. The van der Waals surface area contributed by atoms with Crippen molar-refractivity contribution in [3.63, 3.8) is 0 Å². The SMILES string of the molecule is N=c1oc2ccc([N+](=O)[O-])cc2cc1-c1nc2ccccc2s1. The van der Waals surface area contributed by atoms with Gasteiger partial charge in [0.25, 0.3) is 5.69 Å². The predicted octanol–water partition coefficient (Wildman–Crippen LogP) is 4.10. The summed E-state index contributed by atoms with van der Waals surface area (Å²) in [5, 5.41) is 20.2. The van der Waals surface area contributed by atoms with Gasteiger partial charge < -0.3 is 4.42 Å². The van der Waals surface area contributed by atoms with Crippen LogP contribution in [0.1, 0.15) is 0 Å². The smallest absolute Gasteiger partial charge is 0.270 e. The van der Waals surface area contributed by atoms with Gasteiger partial charge in [0.15, 0.2) is 0 Å². The quantitative estimate of drug-likeness (QED) is 0.444. The normalized spacial score (nSPS) is 11.1. The van der Waals surface area contributed by atoms with Crippen molar-refractivity contribution in [2.24, 2.45) is 0 Å². The molecule has 0 aliphatic carbocycles. The van der Waals surface area contributed by atoms with Crippen molar-refractivity contribution < 1.29 is 9.34 Å². The van der Waals surface area contributed by atoms with E-state index in [0.717, 1.165) is 10.2 Å². The fourth-order valence-corrected chi connectivity index (χ4v) is 3.37. The molecule has 2 aromatic carbocycles. The second-order valence-electron chi connectivity index (χ2n) is 4.96. The maximum atomic E-state index is 10.9. The molecule has 112 valence electrons. The van der Waals surface area contributed by atoms with Crippen LogP contribution in [0, 0.1) is 15.5 Å². The molecule has 1 N–H and O–H groups in total. The number of hydrogen-bond acceptors (Lipinski definition) is 6. The van der Waals surface area contributed by atoms with Crippen molar-refractivity contribution in [2.45, 2.75) is 0 Å². The monoisotopic (exact) mass is 323 g/mol. The number of para-hydroxylation sites is 1. The zero-order chi connectivity index (χ0) is 16.0. The van der Waals surface area contributed by atoms with E-state index in [2.05, 4.69) is 4.98 Å². The van der Waals surface area contributed by atoms with Crippen molar-refractivity contribution in [3.05, 3.63) is 64.2 Å². The Kier molecular flexibility index (Phi) is 2.95. The molecule has 7 heteroatoms. The van der Waals surface area contributed by atoms with Crippen LogP contribution in [0.25, 0.3) is 31.8 Å².